The predicted octanol–water partition coefficient (Wildman–Crippen LogP) is 4.94. The molecule has 0 saturated carbocycles. The van der Waals surface area contributed by atoms with Crippen LogP contribution in [0.2, 0.25) is 0 Å². The van der Waals surface area contributed by atoms with Gasteiger partial charge in [-0.3, -0.25) is 0 Å². The van der Waals surface area contributed by atoms with Gasteiger partial charge >= 0.3 is 5.97 Å². The van der Waals surface area contributed by atoms with Crippen LogP contribution >= 0.6 is 0 Å². The molecule has 128 valence electrons. The van der Waals surface area contributed by atoms with E-state index in [9.17, 15) is 4.79 Å². The fourth-order valence-electron chi connectivity index (χ4n) is 2.58. The van der Waals surface area contributed by atoms with Crippen LogP contribution in [0, 0.1) is 19.0 Å². The molecule has 0 bridgehead atoms. The maximum absolute atomic E-state index is 10.8. The van der Waals surface area contributed by atoms with Gasteiger partial charge in [0, 0.05) is 6.42 Å². The predicted molar refractivity (Wildman–Crippen MR) is 102 cm³/mol. The largest absolute Gasteiger partial charge is 0.478 e. The highest BCUT2D eigenvalue weighted by Gasteiger charge is 2.04. The van der Waals surface area contributed by atoms with Crippen molar-refractivity contribution in [1.29, 1.82) is 0 Å². The lowest BCUT2D eigenvalue weighted by atomic mass is 9.97. The van der Waals surface area contributed by atoms with E-state index in [0.29, 0.717) is 12.2 Å². The summed E-state index contributed by atoms with van der Waals surface area (Å²) in [6.07, 6.45) is 3.26. The van der Waals surface area contributed by atoms with Gasteiger partial charge in [-0.15, -0.1) is 0 Å². The van der Waals surface area contributed by atoms with Gasteiger partial charge in [0.05, 0.1) is 5.56 Å². The van der Waals surface area contributed by atoms with Gasteiger partial charge < -0.3 is 9.84 Å². The fraction of sp³-hybridized carbons (Fsp3) is 0.0870. The summed E-state index contributed by atoms with van der Waals surface area (Å²) in [6, 6.07) is 22.8. The molecule has 0 heterocycles. The van der Waals surface area contributed by atoms with E-state index in [0.717, 1.165) is 16.7 Å². The van der Waals surface area contributed by atoms with Crippen LogP contribution in [0.1, 0.15) is 21.5 Å². The molecule has 0 aliphatic heterocycles. The Morgan fingerprint density at radius 2 is 1.65 bits per heavy atom. The van der Waals surface area contributed by atoms with Crippen molar-refractivity contribution < 1.29 is 14.6 Å². The zero-order chi connectivity index (χ0) is 18.4. The molecule has 26 heavy (non-hydrogen) atoms. The van der Waals surface area contributed by atoms with Crippen molar-refractivity contribution in [3.8, 4) is 28.9 Å². The van der Waals surface area contributed by atoms with E-state index in [-0.39, 0.29) is 5.56 Å². The van der Waals surface area contributed by atoms with E-state index >= 15 is 0 Å². The Bertz CT molecular complexity index is 959. The average Bonchev–Trinajstić information content (AvgIpc) is 2.67. The Labute approximate surface area is 152 Å². The molecule has 0 fully saturated rings. The van der Waals surface area contributed by atoms with Crippen LogP contribution in [0.3, 0.4) is 0 Å². The highest BCUT2D eigenvalue weighted by atomic mass is 16.5. The number of rotatable bonds is 4. The first kappa shape index (κ1) is 17.3. The summed E-state index contributed by atoms with van der Waals surface area (Å²) in [5.41, 5.74) is 4.91. The van der Waals surface area contributed by atoms with Gasteiger partial charge in [-0.25, -0.2) is 4.79 Å². The summed E-state index contributed by atoms with van der Waals surface area (Å²) in [4.78, 5) is 10.8. The van der Waals surface area contributed by atoms with Crippen molar-refractivity contribution in [2.75, 3.05) is 0 Å². The van der Waals surface area contributed by atoms with Gasteiger partial charge in [-0.2, -0.15) is 0 Å². The first-order chi connectivity index (χ1) is 12.6. The minimum atomic E-state index is -0.963. The molecule has 3 aromatic carbocycles. The van der Waals surface area contributed by atoms with Crippen molar-refractivity contribution >= 4 is 5.97 Å². The van der Waals surface area contributed by atoms with Crippen LogP contribution in [0.4, 0.5) is 0 Å². The molecule has 3 heteroatoms. The molecule has 3 aromatic rings. The molecule has 3 nitrogen and oxygen atoms in total. The monoisotopic (exact) mass is 342 g/mol. The lowest BCUT2D eigenvalue weighted by Crippen LogP contribution is -1.95. The van der Waals surface area contributed by atoms with Gasteiger partial charge in [0.1, 0.15) is 11.9 Å². The van der Waals surface area contributed by atoms with Gasteiger partial charge in [0.15, 0.2) is 0 Å². The zero-order valence-corrected chi connectivity index (χ0v) is 14.4. The lowest BCUT2D eigenvalue weighted by Gasteiger charge is -2.07. The van der Waals surface area contributed by atoms with E-state index in [1.165, 1.54) is 17.7 Å². The van der Waals surface area contributed by atoms with E-state index in [1.807, 2.05) is 12.1 Å². The molecule has 0 aromatic heterocycles. The first-order valence-electron chi connectivity index (χ1n) is 8.26. The summed E-state index contributed by atoms with van der Waals surface area (Å²) in [6.45, 7) is 2.07. The number of ether oxygens (including phenoxy) is 1. The second kappa shape index (κ2) is 8.04. The Balaban J connectivity index is 1.70. The third kappa shape index (κ3) is 4.31. The molecule has 0 amide bonds. The molecule has 0 atom stereocenters. The number of aromatic carboxylic acids is 1. The highest BCUT2D eigenvalue weighted by Crippen LogP contribution is 2.24. The smallest absolute Gasteiger partial charge is 0.335 e. The number of carbonyl (C=O) groups is 1. The molecule has 0 aliphatic rings. The SMILES string of the molecule is Cc1ccc(-c2ccccc2CC#COc2ccc(C(=O)O)cc2)cc1. The van der Waals surface area contributed by atoms with Gasteiger partial charge in [-0.05, 0) is 47.9 Å². The Morgan fingerprint density at radius 3 is 2.35 bits per heavy atom. The van der Waals surface area contributed by atoms with Crippen LogP contribution in [0.15, 0.2) is 72.8 Å². The Kier molecular flexibility index (Phi) is 5.36. The number of carboxylic acid groups (broad SMARTS) is 1. The molecular formula is C23H18O3. The van der Waals surface area contributed by atoms with Crippen LogP contribution in [-0.4, -0.2) is 11.1 Å². The maximum Gasteiger partial charge on any atom is 0.335 e. The summed E-state index contributed by atoms with van der Waals surface area (Å²) in [5.74, 6) is 2.58. The summed E-state index contributed by atoms with van der Waals surface area (Å²) in [5, 5.41) is 8.88. The molecule has 0 spiro atoms. The third-order valence-corrected chi connectivity index (χ3v) is 4.00. The van der Waals surface area contributed by atoms with Crippen LogP contribution in [-0.2, 0) is 6.42 Å². The van der Waals surface area contributed by atoms with E-state index in [4.69, 9.17) is 9.84 Å². The van der Waals surface area contributed by atoms with Crippen LogP contribution in [0.25, 0.3) is 11.1 Å². The number of benzene rings is 3. The van der Waals surface area contributed by atoms with Crippen molar-refractivity contribution in [2.24, 2.45) is 0 Å². The minimum Gasteiger partial charge on any atom is -0.478 e. The van der Waals surface area contributed by atoms with Crippen molar-refractivity contribution in [2.45, 2.75) is 13.3 Å². The maximum atomic E-state index is 10.8. The molecule has 0 radical (unpaired) electrons. The Morgan fingerprint density at radius 1 is 0.962 bits per heavy atom. The minimum absolute atomic E-state index is 0.220. The topological polar surface area (TPSA) is 46.5 Å². The van der Waals surface area contributed by atoms with Crippen molar-refractivity contribution in [3.05, 3.63) is 89.5 Å². The quantitative estimate of drug-likeness (QED) is 0.683. The van der Waals surface area contributed by atoms with Gasteiger partial charge in [0.2, 0.25) is 0 Å². The average molecular weight is 342 g/mol. The third-order valence-electron chi connectivity index (χ3n) is 4.00. The van der Waals surface area contributed by atoms with E-state index in [2.05, 4.69) is 55.3 Å². The van der Waals surface area contributed by atoms with E-state index < -0.39 is 5.97 Å². The number of aryl methyl sites for hydroxylation is 1. The molecule has 3 rings (SSSR count). The molecule has 0 saturated heterocycles. The van der Waals surface area contributed by atoms with Crippen LogP contribution < -0.4 is 4.74 Å². The van der Waals surface area contributed by atoms with Crippen LogP contribution in [0.5, 0.6) is 5.75 Å². The number of hydrogen-bond acceptors (Lipinski definition) is 2. The second-order valence-corrected chi connectivity index (χ2v) is 5.91. The summed E-state index contributed by atoms with van der Waals surface area (Å²) in [7, 11) is 0. The molecule has 0 unspecified atom stereocenters. The fourth-order valence-corrected chi connectivity index (χ4v) is 2.58. The molecule has 0 aliphatic carbocycles. The number of hydrogen-bond donors (Lipinski definition) is 1. The zero-order valence-electron chi connectivity index (χ0n) is 14.4. The van der Waals surface area contributed by atoms with E-state index in [1.54, 1.807) is 12.1 Å². The Hall–Kier alpha value is -3.51. The number of carboxylic acids is 1. The molecular weight excluding hydrogens is 324 g/mol. The summed E-state index contributed by atoms with van der Waals surface area (Å²) >= 11 is 0. The summed E-state index contributed by atoms with van der Waals surface area (Å²) < 4.78 is 5.37. The van der Waals surface area contributed by atoms with Gasteiger partial charge in [0.25, 0.3) is 0 Å². The molecule has 1 N–H and O–H groups in total. The first-order valence-corrected chi connectivity index (χ1v) is 8.26. The van der Waals surface area contributed by atoms with Crippen molar-refractivity contribution in [3.63, 3.8) is 0 Å². The van der Waals surface area contributed by atoms with Gasteiger partial charge in [-0.1, -0.05) is 60.0 Å². The second-order valence-electron chi connectivity index (χ2n) is 5.91. The lowest BCUT2D eigenvalue weighted by molar-refractivity contribution is 0.0697. The van der Waals surface area contributed by atoms with Crippen molar-refractivity contribution in [1.82, 2.24) is 0 Å². The standard InChI is InChI=1S/C23H18O3/c1-17-8-10-19(11-9-17)22-7-3-2-5-18(22)6-4-16-26-21-14-12-20(13-15-21)23(24)25/h2-3,5,7-15H,6H2,1H3,(H,24,25). The highest BCUT2D eigenvalue weighted by molar-refractivity contribution is 5.87. The normalized spacial score (nSPS) is 9.88.